The molecule has 0 aromatic rings. The Bertz CT molecular complexity index is 268. The first-order chi connectivity index (χ1) is 8.28. The van der Waals surface area contributed by atoms with Crippen LogP contribution in [0.4, 0.5) is 0 Å². The number of likely N-dealkylation sites (tertiary alicyclic amines) is 1. The van der Waals surface area contributed by atoms with Gasteiger partial charge < -0.3 is 16.0 Å². The van der Waals surface area contributed by atoms with Crippen LogP contribution in [-0.2, 0) is 0 Å². The zero-order valence-electron chi connectivity index (χ0n) is 11.1. The zero-order valence-corrected chi connectivity index (χ0v) is 11.1. The lowest BCUT2D eigenvalue weighted by molar-refractivity contribution is 0.0759. The summed E-state index contributed by atoms with van der Waals surface area (Å²) in [6.45, 7) is 3.49. The highest BCUT2D eigenvalue weighted by molar-refractivity contribution is 5.00. The van der Waals surface area contributed by atoms with Gasteiger partial charge in [-0.3, -0.25) is 0 Å². The molecule has 3 aliphatic rings. The second-order valence-corrected chi connectivity index (χ2v) is 6.52. The van der Waals surface area contributed by atoms with Crippen molar-refractivity contribution >= 4 is 0 Å². The van der Waals surface area contributed by atoms with E-state index >= 15 is 0 Å². The van der Waals surface area contributed by atoms with E-state index < -0.39 is 0 Å². The molecule has 0 aromatic heterocycles. The normalized spacial score (nSPS) is 47.3. The zero-order chi connectivity index (χ0) is 11.8. The van der Waals surface area contributed by atoms with Crippen molar-refractivity contribution in [1.29, 1.82) is 0 Å². The van der Waals surface area contributed by atoms with E-state index in [0.717, 1.165) is 36.4 Å². The summed E-state index contributed by atoms with van der Waals surface area (Å²) in [6, 6.07) is 1.56. The van der Waals surface area contributed by atoms with Crippen LogP contribution in [0.15, 0.2) is 0 Å². The molecular formula is C14H27N3. The number of hydrogen-bond donors (Lipinski definition) is 2. The van der Waals surface area contributed by atoms with E-state index in [2.05, 4.69) is 17.3 Å². The highest BCUT2D eigenvalue weighted by atomic mass is 15.1. The number of nitrogens with two attached hydrogens (primary N) is 1. The van der Waals surface area contributed by atoms with Crippen LogP contribution >= 0.6 is 0 Å². The van der Waals surface area contributed by atoms with Crippen LogP contribution < -0.4 is 11.1 Å². The van der Waals surface area contributed by atoms with Gasteiger partial charge in [0.05, 0.1) is 0 Å². The van der Waals surface area contributed by atoms with Crippen molar-refractivity contribution in [2.24, 2.45) is 23.5 Å². The molecule has 0 aliphatic carbocycles. The van der Waals surface area contributed by atoms with Crippen LogP contribution in [0, 0.1) is 17.8 Å². The second kappa shape index (κ2) is 4.87. The van der Waals surface area contributed by atoms with Gasteiger partial charge in [0.1, 0.15) is 0 Å². The maximum absolute atomic E-state index is 6.05. The first kappa shape index (κ1) is 11.9. The third-order valence-electron chi connectivity index (χ3n) is 5.38. The molecule has 0 amide bonds. The molecule has 5 atom stereocenters. The highest BCUT2D eigenvalue weighted by Gasteiger charge is 2.44. The van der Waals surface area contributed by atoms with E-state index in [1.165, 1.54) is 45.2 Å². The molecule has 0 aromatic carbocycles. The standard InChI is InChI=1S/C14H27N3/c1-17-6-2-3-10(9-17)14-11(8-15)7-12-4-5-13(14)16-12/h10-14,16H,2-9,15H2,1H3. The van der Waals surface area contributed by atoms with E-state index in [0.29, 0.717) is 0 Å². The Morgan fingerprint density at radius 2 is 2.18 bits per heavy atom. The Morgan fingerprint density at radius 1 is 1.29 bits per heavy atom. The molecule has 3 fully saturated rings. The third-order valence-corrected chi connectivity index (χ3v) is 5.38. The summed E-state index contributed by atoms with van der Waals surface area (Å²) in [5, 5.41) is 3.84. The van der Waals surface area contributed by atoms with Crippen molar-refractivity contribution in [3.8, 4) is 0 Å². The Balaban J connectivity index is 1.73. The second-order valence-electron chi connectivity index (χ2n) is 6.52. The fourth-order valence-electron chi connectivity index (χ4n) is 4.68. The number of nitrogens with one attached hydrogen (secondary N) is 1. The van der Waals surface area contributed by atoms with Crippen LogP contribution in [0.2, 0.25) is 0 Å². The van der Waals surface area contributed by atoms with Gasteiger partial charge in [0.25, 0.3) is 0 Å². The number of fused-ring (bicyclic) bond motifs is 2. The van der Waals surface area contributed by atoms with E-state index in [1.54, 1.807) is 0 Å². The van der Waals surface area contributed by atoms with Gasteiger partial charge in [-0.1, -0.05) is 0 Å². The van der Waals surface area contributed by atoms with Gasteiger partial charge in [0, 0.05) is 18.6 Å². The van der Waals surface area contributed by atoms with Gasteiger partial charge in [0.2, 0.25) is 0 Å². The number of hydrogen-bond acceptors (Lipinski definition) is 3. The van der Waals surface area contributed by atoms with Gasteiger partial charge in [-0.25, -0.2) is 0 Å². The fourth-order valence-corrected chi connectivity index (χ4v) is 4.68. The topological polar surface area (TPSA) is 41.3 Å². The molecule has 3 rings (SSSR count). The highest BCUT2D eigenvalue weighted by Crippen LogP contribution is 2.41. The Labute approximate surface area is 105 Å². The van der Waals surface area contributed by atoms with Crippen molar-refractivity contribution in [2.45, 2.75) is 44.2 Å². The lowest BCUT2D eigenvalue weighted by Gasteiger charge is -2.44. The average molecular weight is 237 g/mol. The van der Waals surface area contributed by atoms with E-state index in [4.69, 9.17) is 5.73 Å². The molecule has 2 bridgehead atoms. The van der Waals surface area contributed by atoms with Gasteiger partial charge >= 0.3 is 0 Å². The van der Waals surface area contributed by atoms with Crippen LogP contribution in [0.3, 0.4) is 0 Å². The minimum absolute atomic E-state index is 0.777. The predicted octanol–water partition coefficient (Wildman–Crippen LogP) is 1.04. The SMILES string of the molecule is CN1CCCC(C2C(CN)CC3CCC2N3)C1. The molecule has 17 heavy (non-hydrogen) atoms. The Hall–Kier alpha value is -0.120. The summed E-state index contributed by atoms with van der Waals surface area (Å²) in [4.78, 5) is 2.52. The first-order valence-electron chi connectivity index (χ1n) is 7.42. The molecule has 0 saturated carbocycles. The third kappa shape index (κ3) is 2.25. The van der Waals surface area contributed by atoms with Crippen molar-refractivity contribution in [3.05, 3.63) is 0 Å². The van der Waals surface area contributed by atoms with Crippen molar-refractivity contribution in [1.82, 2.24) is 10.2 Å². The number of nitrogens with zero attached hydrogens (tertiary/aromatic N) is 1. The summed E-state index contributed by atoms with van der Waals surface area (Å²) in [5.41, 5.74) is 6.05. The smallest absolute Gasteiger partial charge is 0.0105 e. The lowest BCUT2D eigenvalue weighted by atomic mass is 9.71. The average Bonchev–Trinajstić information content (AvgIpc) is 2.71. The molecule has 3 nitrogen and oxygen atoms in total. The van der Waals surface area contributed by atoms with Crippen LogP contribution in [0.5, 0.6) is 0 Å². The maximum atomic E-state index is 6.05. The molecular weight excluding hydrogens is 210 g/mol. The molecule has 3 heterocycles. The fraction of sp³-hybridized carbons (Fsp3) is 1.00. The lowest BCUT2D eigenvalue weighted by Crippen LogP contribution is -2.52. The van der Waals surface area contributed by atoms with Gasteiger partial charge in [-0.2, -0.15) is 0 Å². The Morgan fingerprint density at radius 3 is 2.94 bits per heavy atom. The maximum Gasteiger partial charge on any atom is 0.0105 e. The van der Waals surface area contributed by atoms with Gasteiger partial charge in [-0.05, 0) is 70.0 Å². The molecule has 5 unspecified atom stereocenters. The van der Waals surface area contributed by atoms with E-state index in [1.807, 2.05) is 0 Å². The van der Waals surface area contributed by atoms with E-state index in [9.17, 15) is 0 Å². The van der Waals surface area contributed by atoms with E-state index in [-0.39, 0.29) is 0 Å². The van der Waals surface area contributed by atoms with Gasteiger partial charge in [0.15, 0.2) is 0 Å². The van der Waals surface area contributed by atoms with Crippen molar-refractivity contribution < 1.29 is 0 Å². The number of piperidine rings is 2. The van der Waals surface area contributed by atoms with Crippen LogP contribution in [-0.4, -0.2) is 43.7 Å². The minimum atomic E-state index is 0.777. The van der Waals surface area contributed by atoms with Crippen molar-refractivity contribution in [3.63, 3.8) is 0 Å². The summed E-state index contributed by atoms with van der Waals surface area (Å²) in [6.07, 6.45) is 6.92. The van der Waals surface area contributed by atoms with Gasteiger partial charge in [-0.15, -0.1) is 0 Å². The molecule has 0 radical (unpaired) electrons. The predicted molar refractivity (Wildman–Crippen MR) is 70.8 cm³/mol. The summed E-state index contributed by atoms with van der Waals surface area (Å²) in [5.74, 6) is 2.52. The molecule has 3 heteroatoms. The van der Waals surface area contributed by atoms with Crippen LogP contribution in [0.25, 0.3) is 0 Å². The largest absolute Gasteiger partial charge is 0.330 e. The number of rotatable bonds is 2. The molecule has 98 valence electrons. The summed E-state index contributed by atoms with van der Waals surface area (Å²) in [7, 11) is 2.28. The quantitative estimate of drug-likeness (QED) is 0.754. The Kier molecular flexibility index (Phi) is 3.42. The van der Waals surface area contributed by atoms with Crippen LogP contribution in [0.1, 0.15) is 32.1 Å². The summed E-state index contributed by atoms with van der Waals surface area (Å²) < 4.78 is 0. The monoisotopic (exact) mass is 237 g/mol. The summed E-state index contributed by atoms with van der Waals surface area (Å²) >= 11 is 0. The first-order valence-corrected chi connectivity index (χ1v) is 7.42. The molecule has 3 N–H and O–H groups in total. The molecule has 3 aliphatic heterocycles. The molecule has 3 saturated heterocycles. The molecule has 0 spiro atoms. The van der Waals surface area contributed by atoms with Crippen molar-refractivity contribution in [2.75, 3.05) is 26.7 Å². The minimum Gasteiger partial charge on any atom is -0.330 e.